The lowest BCUT2D eigenvalue weighted by Crippen LogP contribution is -2.49. The van der Waals surface area contributed by atoms with Crippen molar-refractivity contribution in [2.24, 2.45) is 0 Å². The third kappa shape index (κ3) is 5.28. The van der Waals surface area contributed by atoms with Gasteiger partial charge < -0.3 is 14.6 Å². The number of piperazine rings is 1. The van der Waals surface area contributed by atoms with Gasteiger partial charge in [0.25, 0.3) is 5.56 Å². The van der Waals surface area contributed by atoms with Gasteiger partial charge in [0, 0.05) is 31.7 Å². The van der Waals surface area contributed by atoms with E-state index in [-0.39, 0.29) is 11.6 Å². The Morgan fingerprint density at radius 3 is 2.51 bits per heavy atom. The number of nitrogens with zero attached hydrogens (tertiary/aromatic N) is 6. The monoisotopic (exact) mass is 501 g/mol. The predicted octanol–water partition coefficient (Wildman–Crippen LogP) is 3.31. The smallest absolute Gasteiger partial charge is 0.253 e. The molecule has 1 saturated heterocycles. The first-order valence-corrected chi connectivity index (χ1v) is 13.0. The number of aromatic amines is 1. The van der Waals surface area contributed by atoms with Crippen molar-refractivity contribution >= 4 is 10.9 Å². The molecule has 9 nitrogen and oxygen atoms in total. The van der Waals surface area contributed by atoms with Gasteiger partial charge in [-0.25, -0.2) is 4.68 Å². The fourth-order valence-electron chi connectivity index (χ4n) is 5.39. The van der Waals surface area contributed by atoms with Gasteiger partial charge in [0.15, 0.2) is 5.82 Å². The average molecular weight is 502 g/mol. The summed E-state index contributed by atoms with van der Waals surface area (Å²) in [7, 11) is 1.66. The van der Waals surface area contributed by atoms with E-state index in [4.69, 9.17) is 4.74 Å². The number of rotatable bonds is 8. The number of H-pyrrole nitrogens is 1. The zero-order valence-corrected chi connectivity index (χ0v) is 22.1. The van der Waals surface area contributed by atoms with Gasteiger partial charge in [-0.3, -0.25) is 9.69 Å². The van der Waals surface area contributed by atoms with Gasteiger partial charge in [-0.1, -0.05) is 30.7 Å². The Bertz CT molecular complexity index is 1420. The van der Waals surface area contributed by atoms with E-state index in [0.29, 0.717) is 17.9 Å². The molecule has 0 amide bonds. The van der Waals surface area contributed by atoms with Crippen LogP contribution in [0.1, 0.15) is 47.5 Å². The second-order valence-corrected chi connectivity index (χ2v) is 9.92. The van der Waals surface area contributed by atoms with Crippen molar-refractivity contribution in [3.63, 3.8) is 0 Å². The number of hydrogen-bond donors (Lipinski definition) is 1. The number of aryl methyl sites for hydroxylation is 2. The first-order valence-electron chi connectivity index (χ1n) is 13.0. The Morgan fingerprint density at radius 2 is 1.81 bits per heavy atom. The number of hydrogen-bond acceptors (Lipinski definition) is 7. The highest BCUT2D eigenvalue weighted by Crippen LogP contribution is 2.29. The fourth-order valence-corrected chi connectivity index (χ4v) is 5.39. The molecule has 0 spiro atoms. The van der Waals surface area contributed by atoms with E-state index >= 15 is 0 Å². The number of ether oxygens (including phenoxy) is 1. The minimum atomic E-state index is -0.356. The molecule has 1 aliphatic rings. The van der Waals surface area contributed by atoms with E-state index in [1.54, 1.807) is 7.11 Å². The molecule has 1 aliphatic heterocycles. The van der Waals surface area contributed by atoms with E-state index < -0.39 is 0 Å². The number of pyridine rings is 1. The van der Waals surface area contributed by atoms with E-state index in [9.17, 15) is 4.79 Å². The van der Waals surface area contributed by atoms with Crippen LogP contribution in [0.15, 0.2) is 47.3 Å². The van der Waals surface area contributed by atoms with Crippen LogP contribution in [0.2, 0.25) is 0 Å². The summed E-state index contributed by atoms with van der Waals surface area (Å²) in [6.45, 7) is 11.5. The maximum Gasteiger partial charge on any atom is 0.253 e. The lowest BCUT2D eigenvalue weighted by molar-refractivity contribution is 0.104. The molecule has 0 aliphatic carbocycles. The Hall–Kier alpha value is -3.56. The molecule has 2 aromatic carbocycles. The van der Waals surface area contributed by atoms with E-state index in [1.807, 2.05) is 41.9 Å². The number of fused-ring (bicyclic) bond motifs is 1. The summed E-state index contributed by atoms with van der Waals surface area (Å²) in [6, 6.07) is 13.8. The zero-order valence-electron chi connectivity index (χ0n) is 22.1. The summed E-state index contributed by atoms with van der Waals surface area (Å²) >= 11 is 0. The lowest BCUT2D eigenvalue weighted by Gasteiger charge is -2.38. The summed E-state index contributed by atoms with van der Waals surface area (Å²) in [5.41, 5.74) is 4.74. The van der Waals surface area contributed by atoms with Crippen LogP contribution in [0.5, 0.6) is 5.75 Å². The number of benzene rings is 2. The number of aromatic nitrogens is 5. The third-order valence-electron chi connectivity index (χ3n) is 7.22. The van der Waals surface area contributed by atoms with Crippen molar-refractivity contribution < 1.29 is 4.74 Å². The van der Waals surface area contributed by atoms with Crippen molar-refractivity contribution in [2.75, 3.05) is 39.8 Å². The van der Waals surface area contributed by atoms with Crippen LogP contribution in [0.4, 0.5) is 0 Å². The molecule has 5 rings (SSSR count). The highest BCUT2D eigenvalue weighted by Gasteiger charge is 2.32. The maximum absolute atomic E-state index is 13.6. The largest absolute Gasteiger partial charge is 0.497 e. The van der Waals surface area contributed by atoms with Gasteiger partial charge in [0.1, 0.15) is 11.8 Å². The standard InChI is InChI=1S/C28H35N7O2/c1-5-10-33-11-13-34(14-12-33)26(24-17-22-16-19(2)15-20(3)25(22)29-28(24)36)27-30-31-32-35(27)18-21-6-8-23(37-4)9-7-21/h6-9,15-17,26H,5,10-14,18H2,1-4H3,(H,29,36). The first-order chi connectivity index (χ1) is 18.0. The minimum absolute atomic E-state index is 0.0977. The molecule has 0 bridgehead atoms. The van der Waals surface area contributed by atoms with Crippen LogP contribution < -0.4 is 10.3 Å². The molecule has 194 valence electrons. The second kappa shape index (κ2) is 10.8. The van der Waals surface area contributed by atoms with Crippen LogP contribution in [0.3, 0.4) is 0 Å². The highest BCUT2D eigenvalue weighted by molar-refractivity contribution is 5.83. The molecule has 1 N–H and O–H groups in total. The Morgan fingerprint density at radius 1 is 1.05 bits per heavy atom. The number of methoxy groups -OCH3 is 1. The third-order valence-corrected chi connectivity index (χ3v) is 7.22. The summed E-state index contributed by atoms with van der Waals surface area (Å²) in [4.78, 5) is 21.6. The topological polar surface area (TPSA) is 92.2 Å². The summed E-state index contributed by atoms with van der Waals surface area (Å²) < 4.78 is 7.11. The molecule has 0 saturated carbocycles. The van der Waals surface area contributed by atoms with E-state index in [0.717, 1.165) is 72.5 Å². The Balaban J connectivity index is 1.57. The maximum atomic E-state index is 13.6. The average Bonchev–Trinajstić information content (AvgIpc) is 3.34. The van der Waals surface area contributed by atoms with E-state index in [2.05, 4.69) is 56.3 Å². The molecule has 9 heteroatoms. The number of nitrogens with one attached hydrogen (secondary N) is 1. The molecular formula is C28H35N7O2. The van der Waals surface area contributed by atoms with Crippen molar-refractivity contribution in [1.29, 1.82) is 0 Å². The van der Waals surface area contributed by atoms with Gasteiger partial charge in [0.2, 0.25) is 0 Å². The van der Waals surface area contributed by atoms with Crippen molar-refractivity contribution in [1.82, 2.24) is 35.0 Å². The summed E-state index contributed by atoms with van der Waals surface area (Å²) in [5.74, 6) is 1.48. The van der Waals surface area contributed by atoms with Crippen LogP contribution in [0.25, 0.3) is 10.9 Å². The first kappa shape index (κ1) is 25.1. The van der Waals surface area contributed by atoms with Crippen molar-refractivity contribution in [3.05, 3.63) is 80.9 Å². The molecular weight excluding hydrogens is 466 g/mol. The molecule has 4 aromatic rings. The molecule has 0 radical (unpaired) electrons. The van der Waals surface area contributed by atoms with Crippen LogP contribution in [-0.2, 0) is 6.54 Å². The Kier molecular flexibility index (Phi) is 7.34. The highest BCUT2D eigenvalue weighted by atomic mass is 16.5. The molecule has 3 heterocycles. The number of tetrazole rings is 1. The predicted molar refractivity (Wildman–Crippen MR) is 144 cm³/mol. The lowest BCUT2D eigenvalue weighted by atomic mass is 10.00. The van der Waals surface area contributed by atoms with Gasteiger partial charge in [-0.15, -0.1) is 5.10 Å². The quantitative estimate of drug-likeness (QED) is 0.396. The molecule has 1 atom stereocenters. The molecule has 1 fully saturated rings. The van der Waals surface area contributed by atoms with Crippen LogP contribution in [0, 0.1) is 13.8 Å². The SMILES string of the molecule is CCCN1CCN(C(c2cc3cc(C)cc(C)c3[nH]c2=O)c2nnnn2Cc2ccc(OC)cc2)CC1. The zero-order chi connectivity index (χ0) is 25.9. The summed E-state index contributed by atoms with van der Waals surface area (Å²) in [6.07, 6.45) is 1.13. The summed E-state index contributed by atoms with van der Waals surface area (Å²) in [5, 5.41) is 13.9. The van der Waals surface area contributed by atoms with Gasteiger partial charge in [0.05, 0.1) is 19.2 Å². The van der Waals surface area contributed by atoms with Crippen LogP contribution >= 0.6 is 0 Å². The normalized spacial score (nSPS) is 15.8. The molecule has 2 aromatic heterocycles. The fraction of sp³-hybridized carbons (Fsp3) is 0.429. The van der Waals surface area contributed by atoms with Crippen LogP contribution in [-0.4, -0.2) is 74.8 Å². The minimum Gasteiger partial charge on any atom is -0.497 e. The van der Waals surface area contributed by atoms with Gasteiger partial charge >= 0.3 is 0 Å². The van der Waals surface area contributed by atoms with Gasteiger partial charge in [-0.2, -0.15) is 0 Å². The van der Waals surface area contributed by atoms with Crippen molar-refractivity contribution in [3.8, 4) is 5.75 Å². The van der Waals surface area contributed by atoms with Gasteiger partial charge in [-0.05, 0) is 78.0 Å². The van der Waals surface area contributed by atoms with E-state index in [1.165, 1.54) is 0 Å². The van der Waals surface area contributed by atoms with Crippen molar-refractivity contribution in [2.45, 2.75) is 39.8 Å². The molecule has 1 unspecified atom stereocenters. The molecule has 37 heavy (non-hydrogen) atoms. The Labute approximate surface area is 217 Å². The second-order valence-electron chi connectivity index (χ2n) is 9.92.